The highest BCUT2D eigenvalue weighted by molar-refractivity contribution is 7.92. The monoisotopic (exact) mass is 276 g/mol. The number of carbonyl (C=O) groups excluding carboxylic acids is 1. The van der Waals surface area contributed by atoms with E-state index in [2.05, 4.69) is 5.32 Å². The van der Waals surface area contributed by atoms with Crippen molar-refractivity contribution >= 4 is 15.9 Å². The summed E-state index contributed by atoms with van der Waals surface area (Å²) in [6.45, 7) is 3.64. The van der Waals surface area contributed by atoms with Crippen LogP contribution >= 0.6 is 0 Å². The molecule has 0 atom stereocenters. The van der Waals surface area contributed by atoms with Crippen molar-refractivity contribution in [3.8, 4) is 0 Å². The molecule has 7 heteroatoms. The lowest BCUT2D eigenvalue weighted by molar-refractivity contribution is 0.0766. The third-order valence-corrected chi connectivity index (χ3v) is 5.71. The number of urea groups is 1. The van der Waals surface area contributed by atoms with Crippen LogP contribution in [0.2, 0.25) is 0 Å². The molecule has 0 radical (unpaired) electrons. The second kappa shape index (κ2) is 5.44. The first-order valence-electron chi connectivity index (χ1n) is 6.37. The average Bonchev–Trinajstić information content (AvgIpc) is 2.28. The third kappa shape index (κ3) is 2.95. The van der Waals surface area contributed by atoms with Crippen molar-refractivity contribution in [2.45, 2.75) is 31.1 Å². The maximum absolute atomic E-state index is 11.8. The Morgan fingerprint density at radius 3 is 2.50 bits per heavy atom. The largest absolute Gasteiger partial charge is 0.381 e. The van der Waals surface area contributed by atoms with Gasteiger partial charge in [-0.3, -0.25) is 0 Å². The minimum Gasteiger partial charge on any atom is -0.381 e. The Bertz CT molecular complexity index is 397. The van der Waals surface area contributed by atoms with E-state index in [0.29, 0.717) is 26.3 Å². The molecule has 1 N–H and O–H groups in total. The van der Waals surface area contributed by atoms with Gasteiger partial charge >= 0.3 is 6.03 Å². The van der Waals surface area contributed by atoms with E-state index in [9.17, 15) is 13.2 Å². The highest BCUT2D eigenvalue weighted by Crippen LogP contribution is 2.17. The van der Waals surface area contributed by atoms with E-state index in [-0.39, 0.29) is 23.1 Å². The van der Waals surface area contributed by atoms with Gasteiger partial charge in [-0.1, -0.05) is 6.92 Å². The van der Waals surface area contributed by atoms with Crippen molar-refractivity contribution in [1.82, 2.24) is 10.2 Å². The number of nitrogens with one attached hydrogen (secondary N) is 1. The van der Waals surface area contributed by atoms with Gasteiger partial charge in [-0.25, -0.2) is 13.2 Å². The van der Waals surface area contributed by atoms with Gasteiger partial charge in [0.1, 0.15) is 0 Å². The summed E-state index contributed by atoms with van der Waals surface area (Å²) in [6.07, 6.45) is 1.66. The second-order valence-electron chi connectivity index (χ2n) is 4.81. The molecule has 2 aliphatic rings. The van der Waals surface area contributed by atoms with Gasteiger partial charge in [-0.2, -0.15) is 0 Å². The van der Waals surface area contributed by atoms with E-state index in [1.807, 2.05) is 0 Å². The Balaban J connectivity index is 1.76. The molecule has 2 saturated heterocycles. The lowest BCUT2D eigenvalue weighted by Crippen LogP contribution is -2.61. The van der Waals surface area contributed by atoms with Gasteiger partial charge in [0, 0.05) is 38.1 Å². The van der Waals surface area contributed by atoms with Crippen LogP contribution in [0.3, 0.4) is 0 Å². The Morgan fingerprint density at radius 1 is 1.33 bits per heavy atom. The first-order chi connectivity index (χ1) is 8.53. The van der Waals surface area contributed by atoms with Gasteiger partial charge < -0.3 is 15.0 Å². The van der Waals surface area contributed by atoms with Crippen LogP contribution in [0.25, 0.3) is 0 Å². The average molecular weight is 276 g/mol. The maximum atomic E-state index is 11.8. The highest BCUT2D eigenvalue weighted by Gasteiger charge is 2.39. The number of rotatable bonds is 3. The molecule has 18 heavy (non-hydrogen) atoms. The molecule has 0 aromatic rings. The molecular weight excluding hydrogens is 256 g/mol. The van der Waals surface area contributed by atoms with Gasteiger partial charge in [0.25, 0.3) is 0 Å². The molecule has 6 nitrogen and oxygen atoms in total. The molecule has 0 bridgehead atoms. The number of hydrogen-bond donors (Lipinski definition) is 1. The molecule has 2 heterocycles. The van der Waals surface area contributed by atoms with Gasteiger partial charge in [-0.15, -0.1) is 0 Å². The third-order valence-electron chi connectivity index (χ3n) is 3.59. The molecule has 0 spiro atoms. The number of hydrogen-bond acceptors (Lipinski definition) is 4. The SMILES string of the molecule is CCS(=O)(=O)C1CN(C(=O)NC2CCOCC2)C1. The zero-order chi connectivity index (χ0) is 13.2. The summed E-state index contributed by atoms with van der Waals surface area (Å²) in [5.74, 6) is 0.146. The van der Waals surface area contributed by atoms with Gasteiger partial charge in [0.05, 0.1) is 5.25 Å². The summed E-state index contributed by atoms with van der Waals surface area (Å²) in [4.78, 5) is 13.4. The molecule has 104 valence electrons. The van der Waals surface area contributed by atoms with Crippen LogP contribution in [-0.4, -0.2) is 62.7 Å². The zero-order valence-electron chi connectivity index (χ0n) is 10.6. The molecule has 0 saturated carbocycles. The van der Waals surface area contributed by atoms with Gasteiger partial charge in [0.2, 0.25) is 0 Å². The Labute approximate surface area is 108 Å². The minimum atomic E-state index is -3.00. The van der Waals surface area contributed by atoms with Crippen molar-refractivity contribution in [3.05, 3.63) is 0 Å². The Kier molecular flexibility index (Phi) is 4.11. The lowest BCUT2D eigenvalue weighted by Gasteiger charge is -2.39. The molecular formula is C11H20N2O4S. The van der Waals surface area contributed by atoms with Crippen LogP contribution in [0, 0.1) is 0 Å². The van der Waals surface area contributed by atoms with Crippen molar-refractivity contribution in [3.63, 3.8) is 0 Å². The number of sulfone groups is 1. The van der Waals surface area contributed by atoms with Gasteiger partial charge in [-0.05, 0) is 12.8 Å². The van der Waals surface area contributed by atoms with Crippen molar-refractivity contribution in [2.75, 3.05) is 32.1 Å². The summed E-state index contributed by atoms with van der Waals surface area (Å²) in [5.41, 5.74) is 0. The fraction of sp³-hybridized carbons (Fsp3) is 0.909. The van der Waals surface area contributed by atoms with E-state index in [0.717, 1.165) is 12.8 Å². The smallest absolute Gasteiger partial charge is 0.317 e. The van der Waals surface area contributed by atoms with E-state index < -0.39 is 9.84 Å². The van der Waals surface area contributed by atoms with Crippen molar-refractivity contribution < 1.29 is 17.9 Å². The number of amides is 2. The fourth-order valence-corrected chi connectivity index (χ4v) is 3.46. The van der Waals surface area contributed by atoms with E-state index in [1.165, 1.54) is 0 Å². The lowest BCUT2D eigenvalue weighted by atomic mass is 10.1. The molecule has 2 fully saturated rings. The van der Waals surface area contributed by atoms with E-state index in [4.69, 9.17) is 4.74 Å². The van der Waals surface area contributed by atoms with Gasteiger partial charge in [0.15, 0.2) is 9.84 Å². The highest BCUT2D eigenvalue weighted by atomic mass is 32.2. The number of likely N-dealkylation sites (tertiary alicyclic amines) is 1. The van der Waals surface area contributed by atoms with E-state index >= 15 is 0 Å². The summed E-state index contributed by atoms with van der Waals surface area (Å²) < 4.78 is 28.3. The van der Waals surface area contributed by atoms with Crippen molar-refractivity contribution in [2.24, 2.45) is 0 Å². The second-order valence-corrected chi connectivity index (χ2v) is 7.38. The predicted molar refractivity (Wildman–Crippen MR) is 67.2 cm³/mol. The molecule has 0 unspecified atom stereocenters. The molecule has 2 aliphatic heterocycles. The topological polar surface area (TPSA) is 75.7 Å². The fourth-order valence-electron chi connectivity index (χ4n) is 2.17. The first-order valence-corrected chi connectivity index (χ1v) is 8.09. The Morgan fingerprint density at radius 2 is 1.94 bits per heavy atom. The summed E-state index contributed by atoms with van der Waals surface area (Å²) in [6, 6.07) is 0.0116. The molecule has 2 rings (SSSR count). The number of nitrogens with zero attached hydrogens (tertiary/aromatic N) is 1. The number of ether oxygens (including phenoxy) is 1. The van der Waals surface area contributed by atoms with Crippen LogP contribution < -0.4 is 5.32 Å². The van der Waals surface area contributed by atoms with Crippen LogP contribution in [0.4, 0.5) is 4.79 Å². The van der Waals surface area contributed by atoms with E-state index in [1.54, 1.807) is 11.8 Å². The predicted octanol–water partition coefficient (Wildman–Crippen LogP) is -0.00610. The number of carbonyl (C=O) groups is 1. The van der Waals surface area contributed by atoms with Crippen molar-refractivity contribution in [1.29, 1.82) is 0 Å². The Hall–Kier alpha value is -0.820. The summed E-state index contributed by atoms with van der Waals surface area (Å²) >= 11 is 0. The van der Waals surface area contributed by atoms with Crippen LogP contribution in [-0.2, 0) is 14.6 Å². The van der Waals surface area contributed by atoms with Crippen LogP contribution in [0.5, 0.6) is 0 Å². The minimum absolute atomic E-state index is 0.146. The quantitative estimate of drug-likeness (QED) is 0.787. The molecule has 0 aromatic carbocycles. The molecule has 0 aromatic heterocycles. The standard InChI is InChI=1S/C11H20N2O4S/c1-2-18(15,16)10-7-13(8-10)11(14)12-9-3-5-17-6-4-9/h9-10H,2-8H2,1H3,(H,12,14). The maximum Gasteiger partial charge on any atom is 0.317 e. The normalized spacial score (nSPS) is 22.6. The van der Waals surface area contributed by atoms with Crippen LogP contribution in [0.15, 0.2) is 0 Å². The summed E-state index contributed by atoms with van der Waals surface area (Å²) in [7, 11) is -3.00. The first kappa shape index (κ1) is 13.6. The summed E-state index contributed by atoms with van der Waals surface area (Å²) in [5, 5.41) is 2.55. The molecule has 0 aliphatic carbocycles. The molecule has 2 amide bonds. The van der Waals surface area contributed by atoms with Crippen LogP contribution in [0.1, 0.15) is 19.8 Å². The zero-order valence-corrected chi connectivity index (χ0v) is 11.4.